The number of hydrogen-bond donors (Lipinski definition) is 2. The van der Waals surface area contributed by atoms with Crippen molar-refractivity contribution in [3.63, 3.8) is 0 Å². The zero-order valence-corrected chi connectivity index (χ0v) is 23.2. The fourth-order valence-electron chi connectivity index (χ4n) is 3.06. The van der Waals surface area contributed by atoms with Gasteiger partial charge in [0.25, 0.3) is 0 Å². The predicted molar refractivity (Wildman–Crippen MR) is 138 cm³/mol. The van der Waals surface area contributed by atoms with Gasteiger partial charge in [0, 0.05) is 35.2 Å². The molecule has 2 aromatic heterocycles. The van der Waals surface area contributed by atoms with E-state index in [-0.39, 0.29) is 24.8 Å². The van der Waals surface area contributed by atoms with Gasteiger partial charge in [-0.05, 0) is 94.3 Å². The average molecular weight is 564 g/mol. The molecule has 190 valence electrons. The third kappa shape index (κ3) is 8.94. The van der Waals surface area contributed by atoms with Crippen molar-refractivity contribution in [1.82, 2.24) is 0 Å². The van der Waals surface area contributed by atoms with Crippen molar-refractivity contribution in [2.75, 3.05) is 23.7 Å². The van der Waals surface area contributed by atoms with Gasteiger partial charge in [-0.3, -0.25) is 0 Å². The number of aryl methyl sites for hydroxylation is 2. The third-order valence-corrected chi connectivity index (χ3v) is 6.69. The summed E-state index contributed by atoms with van der Waals surface area (Å²) in [4.78, 5) is 0. The Morgan fingerprint density at radius 3 is 1.33 bits per heavy atom. The molecule has 0 atom stereocenters. The van der Waals surface area contributed by atoms with Crippen LogP contribution in [-0.4, -0.2) is 13.1 Å². The third-order valence-electron chi connectivity index (χ3n) is 5.02. The van der Waals surface area contributed by atoms with Crippen LogP contribution >= 0.6 is 22.7 Å². The summed E-state index contributed by atoms with van der Waals surface area (Å²) in [5.41, 5.74) is 3.87. The summed E-state index contributed by atoms with van der Waals surface area (Å²) in [7, 11) is 3.93. The Hall–Kier alpha value is -2.92. The van der Waals surface area contributed by atoms with Crippen LogP contribution in [0.15, 0.2) is 92.1 Å². The van der Waals surface area contributed by atoms with Crippen LogP contribution in [0.5, 0.6) is 0 Å². The number of anilines is 2. The van der Waals surface area contributed by atoms with Crippen LogP contribution in [0.3, 0.4) is 0 Å². The first-order valence-electron chi connectivity index (χ1n) is 11.0. The fourth-order valence-corrected chi connectivity index (χ4v) is 4.42. The van der Waals surface area contributed by atoms with Crippen molar-refractivity contribution >= 4 is 55.7 Å². The Labute approximate surface area is 231 Å². The van der Waals surface area contributed by atoms with Crippen LogP contribution in [-0.2, 0) is 14.1 Å². The molecule has 0 bridgehead atoms. The highest BCUT2D eigenvalue weighted by Gasteiger charge is 2.08. The number of hydrogen-bond acceptors (Lipinski definition) is 8. The van der Waals surface area contributed by atoms with Crippen molar-refractivity contribution in [2.45, 2.75) is 12.8 Å². The summed E-state index contributed by atoms with van der Waals surface area (Å²) in [6, 6.07) is 16.1. The molecule has 0 aliphatic carbocycles. The Balaban J connectivity index is 0.00000228. The van der Waals surface area contributed by atoms with Crippen LogP contribution in [0.1, 0.15) is 12.8 Å². The number of aromatic nitrogens is 2. The minimum atomic E-state index is 0. The van der Waals surface area contributed by atoms with E-state index in [1.54, 1.807) is 22.7 Å². The molecule has 36 heavy (non-hydrogen) atoms. The summed E-state index contributed by atoms with van der Waals surface area (Å²) in [5.74, 6) is 0. The van der Waals surface area contributed by atoms with Crippen molar-refractivity contribution in [3.05, 3.63) is 71.7 Å². The van der Waals surface area contributed by atoms with E-state index >= 15 is 0 Å². The topological polar surface area (TPSA) is 81.3 Å². The summed E-state index contributed by atoms with van der Waals surface area (Å²) in [6.45, 7) is 1.85. The van der Waals surface area contributed by atoms with E-state index in [0.717, 1.165) is 58.9 Å². The van der Waals surface area contributed by atoms with Crippen molar-refractivity contribution < 1.29 is 33.9 Å². The Morgan fingerprint density at radius 1 is 0.611 bits per heavy atom. The van der Waals surface area contributed by atoms with E-state index in [2.05, 4.69) is 31.1 Å². The number of thiazole rings is 2. The first kappa shape index (κ1) is 29.3. The highest BCUT2D eigenvalue weighted by Crippen LogP contribution is 2.22. The van der Waals surface area contributed by atoms with Crippen molar-refractivity contribution in [3.8, 4) is 0 Å². The maximum absolute atomic E-state index is 4.30. The Kier molecular flexibility index (Phi) is 12.4. The number of rotatable bonds is 11. The van der Waals surface area contributed by atoms with Gasteiger partial charge in [-0.15, -0.1) is 0 Å². The molecule has 0 spiro atoms. The molecule has 0 aliphatic rings. The van der Waals surface area contributed by atoms with Gasteiger partial charge < -0.3 is 35.4 Å². The Morgan fingerprint density at radius 2 is 1.00 bits per heavy atom. The average Bonchev–Trinajstić information content (AvgIpc) is 3.47. The summed E-state index contributed by atoms with van der Waals surface area (Å²) < 4.78 is 3.90. The quantitative estimate of drug-likeness (QED) is 0.159. The zero-order valence-electron chi connectivity index (χ0n) is 20.0. The largest absolute Gasteiger partial charge is 1.00 e. The number of unbranched alkanes of at least 4 members (excludes halogenated alkanes) is 1. The smallest absolute Gasteiger partial charge is 0.408 e. The van der Waals surface area contributed by atoms with Crippen LogP contribution in [0.4, 0.5) is 33.0 Å². The molecule has 8 nitrogen and oxygen atoms in total. The lowest BCUT2D eigenvalue weighted by molar-refractivity contribution is -0.654. The molecule has 0 unspecified atom stereocenters. The molecule has 0 saturated carbocycles. The minimum absolute atomic E-state index is 0. The lowest BCUT2D eigenvalue weighted by atomic mass is 10.2. The molecule has 2 N–H and O–H groups in total. The number of halogens is 2. The minimum Gasteiger partial charge on any atom is -1.00 e. The second-order valence-corrected chi connectivity index (χ2v) is 9.39. The molecule has 0 aliphatic heterocycles. The van der Waals surface area contributed by atoms with E-state index in [9.17, 15) is 0 Å². The van der Waals surface area contributed by atoms with E-state index in [0.29, 0.717) is 0 Å². The molecule has 4 aromatic rings. The zero-order chi connectivity index (χ0) is 23.6. The van der Waals surface area contributed by atoms with Gasteiger partial charge in [0.15, 0.2) is 0 Å². The molecule has 2 aromatic carbocycles. The SMILES string of the molecule is C[n+]1ccsc1N=Nc1ccc(NCCCCNc2ccc(N=Nc3scc[n+]3C)cc2)cc1.[Cl-].[Cl-]. The number of nitrogens with one attached hydrogen (secondary N) is 2. The summed E-state index contributed by atoms with van der Waals surface area (Å²) >= 11 is 3.13. The standard InChI is InChI=1S/C24H26N8S2.2ClH/c1-31-15-17-33-23(31)29-27-21-9-5-19(6-10-21)25-13-3-4-14-26-20-7-11-22(12-8-20)28-30-24-32(2)16-18-34-24;;/h5-12,15-18H,3-4,13-14H2,1-2H3;2*1H. The molecule has 0 radical (unpaired) electrons. The molecule has 2 heterocycles. The monoisotopic (exact) mass is 562 g/mol. The molecule has 0 fully saturated rings. The number of benzene rings is 2. The van der Waals surface area contributed by atoms with E-state index in [1.807, 2.05) is 94.9 Å². The molecular formula is C24H28Cl2N8S2. The van der Waals surface area contributed by atoms with E-state index in [1.165, 1.54) is 0 Å². The highest BCUT2D eigenvalue weighted by atomic mass is 35.5. The first-order chi connectivity index (χ1) is 16.7. The highest BCUT2D eigenvalue weighted by molar-refractivity contribution is 7.13. The second kappa shape index (κ2) is 15.2. The van der Waals surface area contributed by atoms with Gasteiger partial charge in [-0.2, -0.15) is 0 Å². The lowest BCUT2D eigenvalue weighted by Gasteiger charge is -2.08. The normalized spacial score (nSPS) is 10.8. The van der Waals surface area contributed by atoms with Gasteiger partial charge in [0.1, 0.15) is 23.8 Å². The molecular weight excluding hydrogens is 535 g/mol. The van der Waals surface area contributed by atoms with Crippen LogP contribution in [0.25, 0.3) is 0 Å². The Bertz CT molecular complexity index is 1140. The van der Waals surface area contributed by atoms with Gasteiger partial charge >= 0.3 is 10.3 Å². The maximum Gasteiger partial charge on any atom is 0.408 e. The molecule has 12 heteroatoms. The second-order valence-electron chi connectivity index (χ2n) is 7.65. The maximum atomic E-state index is 4.30. The van der Waals surface area contributed by atoms with E-state index < -0.39 is 0 Å². The summed E-state index contributed by atoms with van der Waals surface area (Å²) in [6.07, 6.45) is 6.10. The van der Waals surface area contributed by atoms with Gasteiger partial charge in [-0.25, -0.2) is 9.13 Å². The number of azo groups is 2. The van der Waals surface area contributed by atoms with Crippen LogP contribution in [0, 0.1) is 0 Å². The molecule has 4 rings (SSSR count). The molecule has 0 amide bonds. The van der Waals surface area contributed by atoms with Crippen LogP contribution < -0.4 is 44.6 Å². The van der Waals surface area contributed by atoms with Crippen molar-refractivity contribution in [1.29, 1.82) is 0 Å². The summed E-state index contributed by atoms with van der Waals surface area (Å²) in [5, 5.41) is 29.8. The predicted octanol–water partition coefficient (Wildman–Crippen LogP) is 0.602. The lowest BCUT2D eigenvalue weighted by Crippen LogP contribution is -3.00. The molecule has 0 saturated heterocycles. The van der Waals surface area contributed by atoms with Gasteiger partial charge in [-0.1, -0.05) is 0 Å². The van der Waals surface area contributed by atoms with Crippen LogP contribution in [0.2, 0.25) is 0 Å². The van der Waals surface area contributed by atoms with Crippen molar-refractivity contribution in [2.24, 2.45) is 34.6 Å². The van der Waals surface area contributed by atoms with Gasteiger partial charge in [0.2, 0.25) is 0 Å². The van der Waals surface area contributed by atoms with Gasteiger partial charge in [0.05, 0.1) is 24.3 Å². The number of nitrogens with zero attached hydrogens (tertiary/aromatic N) is 6. The first-order valence-corrected chi connectivity index (χ1v) is 12.8. The van der Waals surface area contributed by atoms with E-state index in [4.69, 9.17) is 0 Å². The fraction of sp³-hybridized carbons (Fsp3) is 0.250.